The third-order valence-corrected chi connectivity index (χ3v) is 2.68. The van der Waals surface area contributed by atoms with Gasteiger partial charge in [0.15, 0.2) is 0 Å². The molecule has 0 radical (unpaired) electrons. The number of benzene rings is 1. The standard InChI is InChI=1S/C11H14N2O2/c1-8-10(9-6-4-3-5-7-9)15-11(14)12-13(8)2/h3-8,10H,1-2H3,(H,12,14). The molecule has 1 N–H and O–H groups in total. The Hall–Kier alpha value is -1.55. The van der Waals surface area contributed by atoms with E-state index in [1.807, 2.05) is 44.3 Å². The van der Waals surface area contributed by atoms with Crippen molar-refractivity contribution in [1.82, 2.24) is 10.4 Å². The molecule has 2 unspecified atom stereocenters. The fourth-order valence-corrected chi connectivity index (χ4v) is 1.68. The number of hydrogen-bond donors (Lipinski definition) is 1. The van der Waals surface area contributed by atoms with Gasteiger partial charge in [-0.2, -0.15) is 0 Å². The van der Waals surface area contributed by atoms with E-state index in [1.54, 1.807) is 5.01 Å². The molecular weight excluding hydrogens is 192 g/mol. The molecule has 0 aromatic heterocycles. The van der Waals surface area contributed by atoms with Gasteiger partial charge in [-0.3, -0.25) is 5.43 Å². The van der Waals surface area contributed by atoms with Gasteiger partial charge in [-0.15, -0.1) is 0 Å². The first-order chi connectivity index (χ1) is 7.18. The fourth-order valence-electron chi connectivity index (χ4n) is 1.68. The summed E-state index contributed by atoms with van der Waals surface area (Å²) in [5.74, 6) is 0. The van der Waals surface area contributed by atoms with E-state index >= 15 is 0 Å². The first-order valence-electron chi connectivity index (χ1n) is 4.93. The summed E-state index contributed by atoms with van der Waals surface area (Å²) in [6, 6.07) is 9.88. The summed E-state index contributed by atoms with van der Waals surface area (Å²) in [4.78, 5) is 11.2. The maximum atomic E-state index is 11.2. The minimum atomic E-state index is -0.399. The number of hydrogen-bond acceptors (Lipinski definition) is 3. The van der Waals surface area contributed by atoms with Crippen LogP contribution in [0.3, 0.4) is 0 Å². The van der Waals surface area contributed by atoms with E-state index < -0.39 is 6.09 Å². The second-order valence-electron chi connectivity index (χ2n) is 3.70. The third kappa shape index (κ3) is 1.94. The molecule has 1 heterocycles. The van der Waals surface area contributed by atoms with E-state index in [1.165, 1.54) is 0 Å². The van der Waals surface area contributed by atoms with Crippen LogP contribution in [0.25, 0.3) is 0 Å². The summed E-state index contributed by atoms with van der Waals surface area (Å²) < 4.78 is 5.26. The van der Waals surface area contributed by atoms with Gasteiger partial charge in [0.2, 0.25) is 0 Å². The average Bonchev–Trinajstić information content (AvgIpc) is 2.24. The second-order valence-corrected chi connectivity index (χ2v) is 3.70. The Morgan fingerprint density at radius 2 is 2.00 bits per heavy atom. The van der Waals surface area contributed by atoms with Crippen LogP contribution in [0.4, 0.5) is 4.79 Å². The van der Waals surface area contributed by atoms with Crippen LogP contribution in [0.2, 0.25) is 0 Å². The van der Waals surface area contributed by atoms with Crippen LogP contribution in [0.5, 0.6) is 0 Å². The Balaban J connectivity index is 2.24. The fraction of sp³-hybridized carbons (Fsp3) is 0.364. The largest absolute Gasteiger partial charge is 0.439 e. The Morgan fingerprint density at radius 3 is 2.67 bits per heavy atom. The molecule has 4 heteroatoms. The van der Waals surface area contributed by atoms with E-state index in [9.17, 15) is 4.79 Å². The van der Waals surface area contributed by atoms with Crippen molar-refractivity contribution in [3.63, 3.8) is 0 Å². The van der Waals surface area contributed by atoms with Gasteiger partial charge in [0.25, 0.3) is 0 Å². The molecule has 2 rings (SSSR count). The number of cyclic esters (lactones) is 1. The van der Waals surface area contributed by atoms with Gasteiger partial charge >= 0.3 is 6.09 Å². The van der Waals surface area contributed by atoms with Crippen LogP contribution in [0, 0.1) is 0 Å². The lowest BCUT2D eigenvalue weighted by Gasteiger charge is -2.36. The highest BCUT2D eigenvalue weighted by molar-refractivity contribution is 5.67. The van der Waals surface area contributed by atoms with Crippen molar-refractivity contribution in [2.45, 2.75) is 19.1 Å². The quantitative estimate of drug-likeness (QED) is 0.760. The van der Waals surface area contributed by atoms with Crippen LogP contribution in [0.15, 0.2) is 30.3 Å². The molecule has 0 bridgehead atoms. The Kier molecular flexibility index (Phi) is 2.60. The number of amides is 1. The van der Waals surface area contributed by atoms with Crippen molar-refractivity contribution in [2.24, 2.45) is 0 Å². The molecule has 80 valence electrons. The molecule has 2 atom stereocenters. The smallest absolute Gasteiger partial charge is 0.422 e. The van der Waals surface area contributed by atoms with Gasteiger partial charge in [0.1, 0.15) is 6.10 Å². The zero-order valence-electron chi connectivity index (χ0n) is 8.81. The van der Waals surface area contributed by atoms with Crippen LogP contribution in [0.1, 0.15) is 18.6 Å². The number of likely N-dealkylation sites (N-methyl/N-ethyl adjacent to an activating group) is 1. The van der Waals surface area contributed by atoms with Crippen molar-refractivity contribution in [1.29, 1.82) is 0 Å². The van der Waals surface area contributed by atoms with E-state index in [0.717, 1.165) is 5.56 Å². The van der Waals surface area contributed by atoms with Crippen molar-refractivity contribution in [3.8, 4) is 0 Å². The molecule has 1 aliphatic heterocycles. The molecule has 0 aliphatic carbocycles. The summed E-state index contributed by atoms with van der Waals surface area (Å²) in [5.41, 5.74) is 3.62. The molecule has 0 saturated carbocycles. The molecule has 1 aromatic carbocycles. The monoisotopic (exact) mass is 206 g/mol. The zero-order chi connectivity index (χ0) is 10.8. The number of nitrogens with zero attached hydrogens (tertiary/aromatic N) is 1. The predicted molar refractivity (Wildman–Crippen MR) is 56.0 cm³/mol. The Bertz CT molecular complexity index is 353. The summed E-state index contributed by atoms with van der Waals surface area (Å²) in [7, 11) is 1.83. The molecule has 1 saturated heterocycles. The van der Waals surface area contributed by atoms with Gasteiger partial charge in [-0.25, -0.2) is 9.80 Å². The van der Waals surface area contributed by atoms with E-state index in [-0.39, 0.29) is 12.1 Å². The van der Waals surface area contributed by atoms with E-state index in [0.29, 0.717) is 0 Å². The van der Waals surface area contributed by atoms with Crippen molar-refractivity contribution < 1.29 is 9.53 Å². The van der Waals surface area contributed by atoms with Crippen LogP contribution >= 0.6 is 0 Å². The van der Waals surface area contributed by atoms with Gasteiger partial charge < -0.3 is 4.74 Å². The first-order valence-corrected chi connectivity index (χ1v) is 4.93. The lowest BCUT2D eigenvalue weighted by atomic mass is 10.0. The van der Waals surface area contributed by atoms with Crippen molar-refractivity contribution in [2.75, 3.05) is 7.05 Å². The highest BCUT2D eigenvalue weighted by Gasteiger charge is 2.32. The number of hydrazine groups is 1. The van der Waals surface area contributed by atoms with E-state index in [2.05, 4.69) is 5.43 Å². The summed E-state index contributed by atoms with van der Waals surface area (Å²) in [6.07, 6.45) is -0.602. The summed E-state index contributed by atoms with van der Waals surface area (Å²) >= 11 is 0. The molecule has 1 fully saturated rings. The molecule has 1 aliphatic rings. The van der Waals surface area contributed by atoms with E-state index in [4.69, 9.17) is 4.74 Å². The Labute approximate surface area is 88.8 Å². The lowest BCUT2D eigenvalue weighted by Crippen LogP contribution is -2.53. The molecule has 1 amide bonds. The van der Waals surface area contributed by atoms with Gasteiger partial charge in [0.05, 0.1) is 6.04 Å². The summed E-state index contributed by atoms with van der Waals surface area (Å²) in [6.45, 7) is 2.01. The molecular formula is C11H14N2O2. The first kappa shape index (κ1) is 9.98. The molecule has 15 heavy (non-hydrogen) atoms. The van der Waals surface area contributed by atoms with Crippen molar-refractivity contribution in [3.05, 3.63) is 35.9 Å². The summed E-state index contributed by atoms with van der Waals surface area (Å²) in [5, 5.41) is 1.77. The highest BCUT2D eigenvalue weighted by Crippen LogP contribution is 2.26. The number of ether oxygens (including phenoxy) is 1. The second kappa shape index (κ2) is 3.90. The average molecular weight is 206 g/mol. The molecule has 4 nitrogen and oxygen atoms in total. The minimum absolute atomic E-state index is 0.116. The highest BCUT2D eigenvalue weighted by atomic mass is 16.6. The van der Waals surface area contributed by atoms with Gasteiger partial charge in [0, 0.05) is 7.05 Å². The maximum absolute atomic E-state index is 11.2. The number of rotatable bonds is 1. The predicted octanol–water partition coefficient (Wildman–Crippen LogP) is 1.70. The number of carbonyl (C=O) groups excluding carboxylic acids is 1. The number of nitrogens with one attached hydrogen (secondary N) is 1. The number of carbonyl (C=O) groups is 1. The SMILES string of the molecule is CC1C(c2ccccc2)OC(=O)NN1C. The Morgan fingerprint density at radius 1 is 1.33 bits per heavy atom. The molecule has 0 spiro atoms. The third-order valence-electron chi connectivity index (χ3n) is 2.68. The zero-order valence-corrected chi connectivity index (χ0v) is 8.81. The normalized spacial score (nSPS) is 26.9. The van der Waals surface area contributed by atoms with Gasteiger partial charge in [-0.05, 0) is 12.5 Å². The van der Waals surface area contributed by atoms with Crippen LogP contribution in [-0.4, -0.2) is 24.2 Å². The lowest BCUT2D eigenvalue weighted by molar-refractivity contribution is -0.0251. The molecule has 1 aromatic rings. The maximum Gasteiger partial charge on any atom is 0.422 e. The van der Waals surface area contributed by atoms with Crippen LogP contribution in [-0.2, 0) is 4.74 Å². The van der Waals surface area contributed by atoms with Gasteiger partial charge in [-0.1, -0.05) is 30.3 Å². The topological polar surface area (TPSA) is 41.6 Å². The minimum Gasteiger partial charge on any atom is -0.439 e. The van der Waals surface area contributed by atoms with Crippen molar-refractivity contribution >= 4 is 6.09 Å². The van der Waals surface area contributed by atoms with Crippen LogP contribution < -0.4 is 5.43 Å².